The van der Waals surface area contributed by atoms with Crippen molar-refractivity contribution < 1.29 is 0 Å². The highest BCUT2D eigenvalue weighted by molar-refractivity contribution is 5.91. The minimum absolute atomic E-state index is 0.623. The maximum Gasteiger partial charge on any atom is 0.178 e. The van der Waals surface area contributed by atoms with Crippen LogP contribution >= 0.6 is 0 Å². The number of aryl methyl sites for hydroxylation is 1. The molecule has 0 radical (unpaired) electrons. The van der Waals surface area contributed by atoms with E-state index in [1.165, 1.54) is 0 Å². The Morgan fingerprint density at radius 1 is 0.923 bits per heavy atom. The number of pyridine rings is 1. The molecule has 0 aliphatic heterocycles. The van der Waals surface area contributed by atoms with Crippen LogP contribution in [0.25, 0.3) is 33.7 Å². The number of aromatic nitrogens is 3. The van der Waals surface area contributed by atoms with Crippen molar-refractivity contribution in [1.82, 2.24) is 15.0 Å². The zero-order valence-corrected chi connectivity index (χ0v) is 14.0. The first-order valence-electron chi connectivity index (χ1n) is 8.06. The number of nitrogens with zero attached hydrogens (tertiary/aromatic N) is 4. The number of hydrogen-bond acceptors (Lipinski definition) is 4. The van der Waals surface area contributed by atoms with Crippen molar-refractivity contribution >= 4 is 11.2 Å². The van der Waals surface area contributed by atoms with Crippen LogP contribution in [0.4, 0.5) is 0 Å². The van der Waals surface area contributed by atoms with Gasteiger partial charge in [0, 0.05) is 17.3 Å². The second-order valence-corrected chi connectivity index (χ2v) is 5.97. The third kappa shape index (κ3) is 2.58. The first-order chi connectivity index (χ1) is 12.7. The summed E-state index contributed by atoms with van der Waals surface area (Å²) in [6, 6.07) is 19.3. The zero-order chi connectivity index (χ0) is 18.1. The van der Waals surface area contributed by atoms with Crippen LogP contribution in [-0.2, 0) is 0 Å². The van der Waals surface area contributed by atoms with E-state index in [1.54, 1.807) is 24.4 Å². The molecular formula is C21H13N5. The molecule has 0 aliphatic carbocycles. The molecule has 0 bridgehead atoms. The van der Waals surface area contributed by atoms with E-state index < -0.39 is 0 Å². The van der Waals surface area contributed by atoms with Gasteiger partial charge in [0.2, 0.25) is 0 Å². The van der Waals surface area contributed by atoms with E-state index in [1.807, 2.05) is 37.3 Å². The molecule has 2 heterocycles. The van der Waals surface area contributed by atoms with Gasteiger partial charge in [-0.3, -0.25) is 0 Å². The van der Waals surface area contributed by atoms with E-state index >= 15 is 0 Å². The first kappa shape index (κ1) is 15.6. The van der Waals surface area contributed by atoms with E-state index in [-0.39, 0.29) is 0 Å². The van der Waals surface area contributed by atoms with Gasteiger partial charge < -0.3 is 4.98 Å². The number of H-pyrrole nitrogens is 1. The average molecular weight is 335 g/mol. The molecule has 0 atom stereocenters. The van der Waals surface area contributed by atoms with Crippen LogP contribution in [0.1, 0.15) is 16.7 Å². The molecule has 122 valence electrons. The van der Waals surface area contributed by atoms with E-state index in [0.29, 0.717) is 22.6 Å². The van der Waals surface area contributed by atoms with Gasteiger partial charge in [0.1, 0.15) is 5.82 Å². The number of nitriles is 2. The van der Waals surface area contributed by atoms with Crippen molar-refractivity contribution in [3.8, 4) is 34.7 Å². The van der Waals surface area contributed by atoms with Gasteiger partial charge in [-0.2, -0.15) is 10.5 Å². The van der Waals surface area contributed by atoms with Gasteiger partial charge in [0.15, 0.2) is 5.65 Å². The van der Waals surface area contributed by atoms with Crippen LogP contribution < -0.4 is 0 Å². The summed E-state index contributed by atoms with van der Waals surface area (Å²) in [6.07, 6.45) is 1.73. The molecule has 1 N–H and O–H groups in total. The van der Waals surface area contributed by atoms with Crippen LogP contribution in [0.15, 0.2) is 54.7 Å². The SMILES string of the molecule is Cc1cc(-c2nc3nccc(-c4ccc(C#N)cc4)c3[nH]2)ccc1C#N. The Kier molecular flexibility index (Phi) is 3.69. The Morgan fingerprint density at radius 3 is 2.38 bits per heavy atom. The Bertz CT molecular complexity index is 1200. The molecule has 0 spiro atoms. The standard InChI is InChI=1S/C21H13N5/c1-13-10-16(6-7-17(13)12-23)20-25-19-18(8-9-24-21(19)26-20)15-4-2-14(11-22)3-5-15/h2-10H,1H3,(H,24,25,26). The maximum absolute atomic E-state index is 9.09. The fourth-order valence-corrected chi connectivity index (χ4v) is 2.95. The number of fused-ring (bicyclic) bond motifs is 1. The van der Waals surface area contributed by atoms with Gasteiger partial charge in [-0.05, 0) is 54.4 Å². The van der Waals surface area contributed by atoms with E-state index in [0.717, 1.165) is 27.8 Å². The minimum Gasteiger partial charge on any atom is -0.336 e. The Hall–Kier alpha value is -3.96. The predicted octanol–water partition coefficient (Wildman–Crippen LogP) is 4.34. The van der Waals surface area contributed by atoms with Crippen LogP contribution in [-0.4, -0.2) is 15.0 Å². The van der Waals surface area contributed by atoms with Crippen molar-refractivity contribution in [3.63, 3.8) is 0 Å². The molecule has 5 nitrogen and oxygen atoms in total. The molecule has 0 saturated heterocycles. The van der Waals surface area contributed by atoms with Gasteiger partial charge in [0.25, 0.3) is 0 Å². The number of hydrogen-bond donors (Lipinski definition) is 1. The molecule has 5 heteroatoms. The number of benzene rings is 2. The number of nitrogens with one attached hydrogen (secondary N) is 1. The lowest BCUT2D eigenvalue weighted by Crippen LogP contribution is -1.86. The van der Waals surface area contributed by atoms with Crippen molar-refractivity contribution in [2.45, 2.75) is 6.92 Å². The first-order valence-corrected chi connectivity index (χ1v) is 8.06. The van der Waals surface area contributed by atoms with Crippen molar-refractivity contribution in [1.29, 1.82) is 10.5 Å². The molecule has 2 aromatic heterocycles. The van der Waals surface area contributed by atoms with Crippen LogP contribution in [0.3, 0.4) is 0 Å². The second-order valence-electron chi connectivity index (χ2n) is 5.97. The van der Waals surface area contributed by atoms with Gasteiger partial charge in [-0.1, -0.05) is 12.1 Å². The Morgan fingerprint density at radius 2 is 1.69 bits per heavy atom. The second kappa shape index (κ2) is 6.16. The lowest BCUT2D eigenvalue weighted by atomic mass is 10.0. The fraction of sp³-hybridized carbons (Fsp3) is 0.0476. The van der Waals surface area contributed by atoms with Gasteiger partial charge in [-0.25, -0.2) is 9.97 Å². The third-order valence-corrected chi connectivity index (χ3v) is 4.34. The molecule has 4 rings (SSSR count). The van der Waals surface area contributed by atoms with Crippen molar-refractivity contribution in [2.24, 2.45) is 0 Å². The lowest BCUT2D eigenvalue weighted by Gasteiger charge is -2.03. The molecule has 0 saturated carbocycles. The fourth-order valence-electron chi connectivity index (χ4n) is 2.95. The van der Waals surface area contributed by atoms with Crippen LogP contribution in [0, 0.1) is 29.6 Å². The quantitative estimate of drug-likeness (QED) is 0.590. The summed E-state index contributed by atoms with van der Waals surface area (Å²) in [4.78, 5) is 12.3. The number of aromatic amines is 1. The lowest BCUT2D eigenvalue weighted by molar-refractivity contribution is 1.29. The zero-order valence-electron chi connectivity index (χ0n) is 14.0. The molecule has 0 amide bonds. The smallest absolute Gasteiger partial charge is 0.178 e. The molecular weight excluding hydrogens is 322 g/mol. The summed E-state index contributed by atoms with van der Waals surface area (Å²) in [6.45, 7) is 1.91. The maximum atomic E-state index is 9.09. The van der Waals surface area contributed by atoms with Crippen molar-refractivity contribution in [2.75, 3.05) is 0 Å². The summed E-state index contributed by atoms with van der Waals surface area (Å²) in [5.41, 5.74) is 6.53. The van der Waals surface area contributed by atoms with Gasteiger partial charge in [0.05, 0.1) is 28.8 Å². The van der Waals surface area contributed by atoms with Gasteiger partial charge in [-0.15, -0.1) is 0 Å². The van der Waals surface area contributed by atoms with Crippen molar-refractivity contribution in [3.05, 3.63) is 71.4 Å². The molecule has 0 fully saturated rings. The molecule has 4 aromatic rings. The van der Waals surface area contributed by atoms with E-state index in [4.69, 9.17) is 10.5 Å². The topological polar surface area (TPSA) is 89.2 Å². The van der Waals surface area contributed by atoms with Crippen LogP contribution in [0.2, 0.25) is 0 Å². The predicted molar refractivity (Wildman–Crippen MR) is 98.9 cm³/mol. The monoisotopic (exact) mass is 335 g/mol. The Labute approximate surface area is 150 Å². The molecule has 0 unspecified atom stereocenters. The van der Waals surface area contributed by atoms with E-state index in [2.05, 4.69) is 27.1 Å². The Balaban J connectivity index is 1.84. The average Bonchev–Trinajstić information content (AvgIpc) is 3.12. The highest BCUT2D eigenvalue weighted by atomic mass is 15.0. The summed E-state index contributed by atoms with van der Waals surface area (Å²) < 4.78 is 0. The summed E-state index contributed by atoms with van der Waals surface area (Å²) in [5.74, 6) is 0.709. The van der Waals surface area contributed by atoms with Gasteiger partial charge >= 0.3 is 0 Å². The highest BCUT2D eigenvalue weighted by Crippen LogP contribution is 2.29. The number of imidazole rings is 1. The highest BCUT2D eigenvalue weighted by Gasteiger charge is 2.12. The van der Waals surface area contributed by atoms with Crippen LogP contribution in [0.5, 0.6) is 0 Å². The minimum atomic E-state index is 0.623. The normalized spacial score (nSPS) is 10.4. The summed E-state index contributed by atoms with van der Waals surface area (Å²) in [5, 5.41) is 18.1. The molecule has 0 aliphatic rings. The summed E-state index contributed by atoms with van der Waals surface area (Å²) in [7, 11) is 0. The summed E-state index contributed by atoms with van der Waals surface area (Å²) >= 11 is 0. The molecule has 2 aromatic carbocycles. The largest absolute Gasteiger partial charge is 0.336 e. The van der Waals surface area contributed by atoms with E-state index in [9.17, 15) is 0 Å². The number of rotatable bonds is 2. The third-order valence-electron chi connectivity index (χ3n) is 4.34. The molecule has 26 heavy (non-hydrogen) atoms.